The van der Waals surface area contributed by atoms with Crippen LogP contribution in [-0.2, 0) is 7.05 Å². The molecule has 8 heteroatoms. The van der Waals surface area contributed by atoms with Crippen LogP contribution in [0.2, 0.25) is 0 Å². The van der Waals surface area contributed by atoms with Crippen molar-refractivity contribution < 1.29 is 9.32 Å². The van der Waals surface area contributed by atoms with Gasteiger partial charge in [-0.3, -0.25) is 4.68 Å². The highest BCUT2D eigenvalue weighted by molar-refractivity contribution is 5.90. The molecule has 2 amide bonds. The summed E-state index contributed by atoms with van der Waals surface area (Å²) in [6, 6.07) is 8.86. The lowest BCUT2D eigenvalue weighted by atomic mass is 10.2. The Balaban J connectivity index is 1.81. The molecule has 1 aromatic carbocycles. The number of urea groups is 1. The van der Waals surface area contributed by atoms with Gasteiger partial charge in [0.2, 0.25) is 5.82 Å². The Morgan fingerprint density at radius 2 is 2.12 bits per heavy atom. The molecule has 3 rings (SSSR count). The number of aryl methyl sites for hydroxylation is 1. The first-order chi connectivity index (χ1) is 11.5. The van der Waals surface area contributed by atoms with Crippen LogP contribution in [0.5, 0.6) is 0 Å². The Kier molecular flexibility index (Phi) is 4.28. The number of benzene rings is 1. The zero-order chi connectivity index (χ0) is 17.1. The maximum Gasteiger partial charge on any atom is 0.319 e. The summed E-state index contributed by atoms with van der Waals surface area (Å²) in [5, 5.41) is 13.6. The Labute approximate surface area is 138 Å². The number of nitrogens with zero attached hydrogens (tertiary/aromatic N) is 4. The Morgan fingerprint density at radius 3 is 2.83 bits per heavy atom. The molecule has 124 valence electrons. The highest BCUT2D eigenvalue weighted by atomic mass is 16.5. The average Bonchev–Trinajstić information content (AvgIpc) is 3.15. The van der Waals surface area contributed by atoms with E-state index in [0.717, 1.165) is 11.3 Å². The number of carbonyl (C=O) groups is 1. The fraction of sp³-hybridized carbons (Fsp3) is 0.250. The van der Waals surface area contributed by atoms with Crippen LogP contribution in [-0.4, -0.2) is 32.0 Å². The summed E-state index contributed by atoms with van der Waals surface area (Å²) in [5.74, 6) is 0.833. The predicted molar refractivity (Wildman–Crippen MR) is 89.2 cm³/mol. The van der Waals surface area contributed by atoms with Crippen LogP contribution in [0.25, 0.3) is 23.0 Å². The van der Waals surface area contributed by atoms with E-state index < -0.39 is 0 Å². The van der Waals surface area contributed by atoms with Gasteiger partial charge in [-0.1, -0.05) is 17.3 Å². The van der Waals surface area contributed by atoms with E-state index in [2.05, 4.69) is 25.9 Å². The topological polar surface area (TPSA) is 97.9 Å². The number of hydrogen-bond acceptors (Lipinski definition) is 5. The van der Waals surface area contributed by atoms with E-state index in [1.807, 2.05) is 26.0 Å². The molecule has 0 spiro atoms. The average molecular weight is 326 g/mol. The van der Waals surface area contributed by atoms with E-state index in [4.69, 9.17) is 4.52 Å². The second kappa shape index (κ2) is 6.53. The SMILES string of the molecule is CC(C)NC(=O)Nc1cccc(-c2noc(-c3ccnn3C)n2)c1. The molecule has 3 aromatic rings. The van der Waals surface area contributed by atoms with Crippen LogP contribution in [0.4, 0.5) is 10.5 Å². The standard InChI is InChI=1S/C16H18N6O2/c1-10(2)18-16(23)19-12-6-4-5-11(9-12)14-20-15(24-21-14)13-7-8-17-22(13)3/h4-10H,1-3H3,(H2,18,19,23). The minimum absolute atomic E-state index is 0.0619. The molecule has 0 aliphatic rings. The molecule has 0 saturated carbocycles. The number of carbonyl (C=O) groups excluding carboxylic acids is 1. The maximum absolute atomic E-state index is 11.8. The van der Waals surface area contributed by atoms with Gasteiger partial charge < -0.3 is 15.2 Å². The van der Waals surface area contributed by atoms with Crippen molar-refractivity contribution in [3.63, 3.8) is 0 Å². The molecule has 2 aromatic heterocycles. The van der Waals surface area contributed by atoms with Crippen molar-refractivity contribution in [1.82, 2.24) is 25.2 Å². The van der Waals surface area contributed by atoms with Crippen LogP contribution in [0.15, 0.2) is 41.1 Å². The van der Waals surface area contributed by atoms with E-state index in [-0.39, 0.29) is 12.1 Å². The van der Waals surface area contributed by atoms with E-state index >= 15 is 0 Å². The van der Waals surface area contributed by atoms with Gasteiger partial charge >= 0.3 is 6.03 Å². The zero-order valence-corrected chi connectivity index (χ0v) is 13.6. The highest BCUT2D eigenvalue weighted by Crippen LogP contribution is 2.23. The van der Waals surface area contributed by atoms with E-state index in [9.17, 15) is 4.79 Å². The van der Waals surface area contributed by atoms with E-state index in [1.165, 1.54) is 0 Å². The minimum atomic E-state index is -0.258. The van der Waals surface area contributed by atoms with Gasteiger partial charge in [-0.25, -0.2) is 4.79 Å². The fourth-order valence-electron chi connectivity index (χ4n) is 2.19. The molecule has 0 unspecified atom stereocenters. The Bertz CT molecular complexity index is 852. The smallest absolute Gasteiger partial charge is 0.319 e. The van der Waals surface area contributed by atoms with Gasteiger partial charge in [-0.05, 0) is 32.0 Å². The molecule has 2 heterocycles. The molecule has 2 N–H and O–H groups in total. The zero-order valence-electron chi connectivity index (χ0n) is 13.6. The number of anilines is 1. The Hall–Kier alpha value is -3.16. The predicted octanol–water partition coefficient (Wildman–Crippen LogP) is 2.67. The number of amides is 2. The third-order valence-corrected chi connectivity index (χ3v) is 3.26. The quantitative estimate of drug-likeness (QED) is 0.768. The van der Waals surface area contributed by atoms with Gasteiger partial charge in [0.15, 0.2) is 0 Å². The summed E-state index contributed by atoms with van der Waals surface area (Å²) in [6.45, 7) is 3.80. The molecule has 0 bridgehead atoms. The van der Waals surface area contributed by atoms with Gasteiger partial charge in [0.1, 0.15) is 5.69 Å². The van der Waals surface area contributed by atoms with Crippen LogP contribution in [0.3, 0.4) is 0 Å². The lowest BCUT2D eigenvalue weighted by Crippen LogP contribution is -2.34. The van der Waals surface area contributed by atoms with E-state index in [0.29, 0.717) is 17.4 Å². The van der Waals surface area contributed by atoms with Crippen molar-refractivity contribution >= 4 is 11.7 Å². The molecule has 0 atom stereocenters. The second-order valence-corrected chi connectivity index (χ2v) is 5.60. The van der Waals surface area contributed by atoms with Gasteiger partial charge in [-0.15, -0.1) is 0 Å². The number of aromatic nitrogens is 4. The minimum Gasteiger partial charge on any atom is -0.336 e. The third kappa shape index (κ3) is 3.43. The van der Waals surface area contributed by atoms with Crippen LogP contribution >= 0.6 is 0 Å². The summed E-state index contributed by atoms with van der Waals surface area (Å²) < 4.78 is 6.95. The lowest BCUT2D eigenvalue weighted by Gasteiger charge is -2.10. The van der Waals surface area contributed by atoms with Crippen molar-refractivity contribution in [2.24, 2.45) is 7.05 Å². The molecule has 0 fully saturated rings. The molecular formula is C16H18N6O2. The monoisotopic (exact) mass is 326 g/mol. The van der Waals surface area contributed by atoms with Gasteiger partial charge in [0, 0.05) is 30.5 Å². The molecule has 0 saturated heterocycles. The molecule has 8 nitrogen and oxygen atoms in total. The van der Waals surface area contributed by atoms with Gasteiger partial charge in [0.05, 0.1) is 0 Å². The lowest BCUT2D eigenvalue weighted by molar-refractivity contribution is 0.250. The van der Waals surface area contributed by atoms with Crippen LogP contribution < -0.4 is 10.6 Å². The molecule has 24 heavy (non-hydrogen) atoms. The van der Waals surface area contributed by atoms with Gasteiger partial charge in [0.25, 0.3) is 5.89 Å². The highest BCUT2D eigenvalue weighted by Gasteiger charge is 2.14. The molecule has 0 radical (unpaired) electrons. The maximum atomic E-state index is 11.8. The van der Waals surface area contributed by atoms with Crippen LogP contribution in [0.1, 0.15) is 13.8 Å². The van der Waals surface area contributed by atoms with E-state index in [1.54, 1.807) is 36.1 Å². The fourth-order valence-corrected chi connectivity index (χ4v) is 2.19. The summed E-state index contributed by atoms with van der Waals surface area (Å²) >= 11 is 0. The number of hydrogen-bond donors (Lipinski definition) is 2. The third-order valence-electron chi connectivity index (χ3n) is 3.26. The van der Waals surface area contributed by atoms with Crippen molar-refractivity contribution in [3.8, 4) is 23.0 Å². The molecular weight excluding hydrogens is 308 g/mol. The normalized spacial score (nSPS) is 10.8. The summed E-state index contributed by atoms with van der Waals surface area (Å²) in [6.07, 6.45) is 1.66. The van der Waals surface area contributed by atoms with Crippen molar-refractivity contribution in [2.45, 2.75) is 19.9 Å². The summed E-state index contributed by atoms with van der Waals surface area (Å²) in [4.78, 5) is 16.2. The largest absolute Gasteiger partial charge is 0.336 e. The Morgan fingerprint density at radius 1 is 1.29 bits per heavy atom. The summed E-state index contributed by atoms with van der Waals surface area (Å²) in [7, 11) is 1.80. The van der Waals surface area contributed by atoms with Gasteiger partial charge in [-0.2, -0.15) is 10.1 Å². The van der Waals surface area contributed by atoms with Crippen molar-refractivity contribution in [1.29, 1.82) is 0 Å². The second-order valence-electron chi connectivity index (χ2n) is 5.60. The summed E-state index contributed by atoms with van der Waals surface area (Å²) in [5.41, 5.74) is 2.13. The van der Waals surface area contributed by atoms with Crippen molar-refractivity contribution in [3.05, 3.63) is 36.5 Å². The first kappa shape index (κ1) is 15.7. The first-order valence-corrected chi connectivity index (χ1v) is 7.53. The molecule has 0 aliphatic heterocycles. The van der Waals surface area contributed by atoms with Crippen LogP contribution in [0, 0.1) is 0 Å². The molecule has 0 aliphatic carbocycles. The first-order valence-electron chi connectivity index (χ1n) is 7.53. The van der Waals surface area contributed by atoms with Crippen molar-refractivity contribution in [2.75, 3.05) is 5.32 Å². The number of rotatable bonds is 4. The number of nitrogens with one attached hydrogen (secondary N) is 2.